The molecular formula is C54H62F8N10O8S. The lowest BCUT2D eigenvalue weighted by molar-refractivity contribution is -0.221. The Hall–Kier alpha value is -6.73. The smallest absolute Gasteiger partial charge is 0.407 e. The molecule has 5 N–H and O–H groups in total. The number of benzene rings is 2. The Morgan fingerprint density at radius 1 is 0.778 bits per heavy atom. The van der Waals surface area contributed by atoms with Crippen molar-refractivity contribution in [1.82, 2.24) is 46.5 Å². The van der Waals surface area contributed by atoms with Crippen LogP contribution in [-0.4, -0.2) is 156 Å². The average molecular weight is 1160 g/mol. The predicted octanol–water partition coefficient (Wildman–Crippen LogP) is 6.76. The third kappa shape index (κ3) is 14.0. The molecular weight excluding hydrogens is 1100 g/mol. The quantitative estimate of drug-likeness (QED) is 0.0373. The molecule has 1 saturated carbocycles. The Morgan fingerprint density at radius 2 is 1.33 bits per heavy atom. The number of carbonyl (C=O) groups is 4. The number of aliphatic hydroxyl groups is 1. The van der Waals surface area contributed by atoms with E-state index in [9.17, 15) is 50.6 Å². The van der Waals surface area contributed by atoms with Crippen LogP contribution in [0.15, 0.2) is 54.7 Å². The number of piperazine rings is 1. The number of rotatable bonds is 19. The van der Waals surface area contributed by atoms with Crippen LogP contribution in [0.4, 0.5) is 50.5 Å². The lowest BCUT2D eigenvalue weighted by Gasteiger charge is -2.47. The number of alkyl halides is 6. The van der Waals surface area contributed by atoms with Crippen molar-refractivity contribution in [2.45, 2.75) is 127 Å². The number of carbonyl (C=O) groups excluding carboxylic acids is 4. The monoisotopic (exact) mass is 1160 g/mol. The molecule has 2 unspecified atom stereocenters. The molecule has 4 fully saturated rings. The van der Waals surface area contributed by atoms with E-state index in [0.29, 0.717) is 72.5 Å². The minimum Gasteiger partial charge on any atom is -0.453 e. The highest BCUT2D eigenvalue weighted by Gasteiger charge is 2.57. The van der Waals surface area contributed by atoms with Crippen LogP contribution in [0.25, 0.3) is 10.6 Å². The first-order valence-electron chi connectivity index (χ1n) is 26.0. The third-order valence-electron chi connectivity index (χ3n) is 15.3. The molecule has 6 atom stereocenters. The molecule has 4 aromatic rings. The lowest BCUT2D eigenvalue weighted by Crippen LogP contribution is -2.63. The van der Waals surface area contributed by atoms with E-state index in [1.807, 2.05) is 22.8 Å². The summed E-state index contributed by atoms with van der Waals surface area (Å²) in [6.45, 7) is 3.60. The maximum atomic E-state index is 16.2. The topological polar surface area (TPSA) is 213 Å². The molecule has 2 bridgehead atoms. The molecule has 0 spiro atoms. The van der Waals surface area contributed by atoms with Crippen LogP contribution in [0.2, 0.25) is 0 Å². The fourth-order valence-corrected chi connectivity index (χ4v) is 10.9. The normalized spacial score (nSPS) is 19.3. The maximum absolute atomic E-state index is 16.2. The Bertz CT molecular complexity index is 2950. The third-order valence-corrected chi connectivity index (χ3v) is 16.4. The summed E-state index contributed by atoms with van der Waals surface area (Å²) in [6, 6.07) is 6.52. The van der Waals surface area contributed by atoms with Crippen LogP contribution < -0.4 is 26.3 Å². The number of anilines is 1. The first kappa shape index (κ1) is 60.4. The number of hydrogen-bond donors (Lipinski definition) is 5. The zero-order chi connectivity index (χ0) is 58.8. The highest BCUT2D eigenvalue weighted by Crippen LogP contribution is 2.44. The molecule has 1 aliphatic carbocycles. The van der Waals surface area contributed by atoms with Crippen molar-refractivity contribution < 1.29 is 73.6 Å². The van der Waals surface area contributed by atoms with E-state index >= 15 is 8.78 Å². The summed E-state index contributed by atoms with van der Waals surface area (Å²) < 4.78 is 134. The average Bonchev–Trinajstić information content (AvgIpc) is 4.31. The van der Waals surface area contributed by atoms with E-state index in [1.54, 1.807) is 18.3 Å². The summed E-state index contributed by atoms with van der Waals surface area (Å²) in [5, 5.41) is 27.8. The standard InChI is InChI=1S/C54H62F8N10O8S/c1-51(2,53(57,58)59)43(65-49(76)78-5)45(74)64-40(19-30-10-7-29(8-11-30)9-12-31-13-18-42(63-22-31)70-23-34-16-17-35(24-70)72(34)36-27-80-28-36)41(73)26-71(69-46(75)44(66-50(77)79-6)52(3,4)54(60,61)62)25-37-38(55)20-33(21-39(37)56)48-68-67-47(81-48)32-14-15-32/h7-8,10-11,13,18,20-22,32,34-36,40-41,43-44,73H,14-17,19,23-28H2,1-6H3,(H,64,74)(H,65,76)(H,66,77)(H,69,75)/t34?,35?,40-,41-,43+,44+/m0/s1. The van der Waals surface area contributed by atoms with E-state index < -0.39 is 108 Å². The number of halogens is 8. The largest absolute Gasteiger partial charge is 0.453 e. The summed E-state index contributed by atoms with van der Waals surface area (Å²) in [5.74, 6) is 1.53. The van der Waals surface area contributed by atoms with Gasteiger partial charge in [-0.1, -0.05) is 35.3 Å². The van der Waals surface area contributed by atoms with Crippen molar-refractivity contribution in [1.29, 1.82) is 0 Å². The van der Waals surface area contributed by atoms with Crippen LogP contribution in [0.5, 0.6) is 0 Å². The molecule has 3 saturated heterocycles. The van der Waals surface area contributed by atoms with Gasteiger partial charge in [0.15, 0.2) is 0 Å². The number of methoxy groups -OCH3 is 2. The second kappa shape index (κ2) is 24.4. The zero-order valence-electron chi connectivity index (χ0n) is 45.0. The van der Waals surface area contributed by atoms with Gasteiger partial charge in [-0.05, 0) is 102 Å². The van der Waals surface area contributed by atoms with Crippen LogP contribution >= 0.6 is 11.3 Å². The van der Waals surface area contributed by atoms with Crippen molar-refractivity contribution in [3.05, 3.63) is 93.6 Å². The van der Waals surface area contributed by atoms with Gasteiger partial charge in [-0.25, -0.2) is 28.4 Å². The first-order chi connectivity index (χ1) is 38.2. The SMILES string of the molecule is COC(=O)N[C@H](C(=O)N[C@@H](Cc1ccc(C#Cc2ccc(N3CC4CCC(C3)N4C3COC3)nc2)cc1)[C@@H](O)CN(Cc1c(F)cc(-c2nnc(C3CC3)s2)cc1F)NC(=O)[C@@H](NC(=O)OC)C(C)(C)C(F)(F)F)C(C)(C)C(F)(F)F. The number of nitrogens with one attached hydrogen (secondary N) is 4. The van der Waals surface area contributed by atoms with Crippen molar-refractivity contribution in [3.8, 4) is 22.4 Å². The Morgan fingerprint density at radius 3 is 1.84 bits per heavy atom. The van der Waals surface area contributed by atoms with Crippen LogP contribution in [0.3, 0.4) is 0 Å². The second-order valence-electron chi connectivity index (χ2n) is 21.7. The molecule has 8 rings (SSSR count). The number of ether oxygens (including phenoxy) is 3. The number of alkyl carbamates (subject to hydrolysis) is 2. The molecule has 18 nitrogen and oxygen atoms in total. The second-order valence-corrected chi connectivity index (χ2v) is 22.7. The van der Waals surface area contributed by atoms with Crippen molar-refractivity contribution >= 4 is 41.2 Å². The molecule has 4 amide bonds. The van der Waals surface area contributed by atoms with Crippen LogP contribution in [0, 0.1) is 34.3 Å². The van der Waals surface area contributed by atoms with E-state index in [2.05, 4.69) is 52.1 Å². The lowest BCUT2D eigenvalue weighted by atomic mass is 9.82. The Kier molecular flexibility index (Phi) is 18.2. The van der Waals surface area contributed by atoms with Gasteiger partial charge in [0.25, 0.3) is 5.91 Å². The molecule has 438 valence electrons. The van der Waals surface area contributed by atoms with E-state index in [4.69, 9.17) is 9.72 Å². The predicted molar refractivity (Wildman–Crippen MR) is 278 cm³/mol. The van der Waals surface area contributed by atoms with Gasteiger partial charge in [-0.15, -0.1) is 10.2 Å². The minimum absolute atomic E-state index is 0.0163. The Balaban J connectivity index is 1.07. The first-order valence-corrected chi connectivity index (χ1v) is 26.8. The number of fused-ring (bicyclic) bond motifs is 2. The fourth-order valence-electron chi connectivity index (χ4n) is 9.90. The highest BCUT2D eigenvalue weighted by atomic mass is 32.1. The Labute approximate surface area is 465 Å². The number of hydrazine groups is 1. The van der Waals surface area contributed by atoms with Crippen molar-refractivity contribution in [3.63, 3.8) is 0 Å². The number of amides is 4. The van der Waals surface area contributed by atoms with Crippen LogP contribution in [-0.2, 0) is 36.8 Å². The van der Waals surface area contributed by atoms with Gasteiger partial charge in [-0.3, -0.25) is 19.9 Å². The van der Waals surface area contributed by atoms with Gasteiger partial charge in [0.2, 0.25) is 5.91 Å². The number of aromatic nitrogens is 3. The van der Waals surface area contributed by atoms with Gasteiger partial charge >= 0.3 is 24.5 Å². The van der Waals surface area contributed by atoms with Crippen molar-refractivity contribution in [2.24, 2.45) is 10.8 Å². The van der Waals surface area contributed by atoms with Gasteiger partial charge in [0.1, 0.15) is 39.6 Å². The van der Waals surface area contributed by atoms with Crippen molar-refractivity contribution in [2.75, 3.05) is 52.0 Å². The molecule has 81 heavy (non-hydrogen) atoms. The van der Waals surface area contributed by atoms with Gasteiger partial charge < -0.3 is 40.2 Å². The zero-order valence-corrected chi connectivity index (χ0v) is 45.8. The molecule has 4 aliphatic rings. The molecule has 3 aliphatic heterocycles. The highest BCUT2D eigenvalue weighted by molar-refractivity contribution is 7.14. The van der Waals surface area contributed by atoms with E-state index in [0.717, 1.165) is 95.5 Å². The number of nitrogens with zero attached hydrogens (tertiary/aromatic N) is 6. The maximum Gasteiger partial charge on any atom is 0.407 e. The summed E-state index contributed by atoms with van der Waals surface area (Å²) in [7, 11) is 1.67. The molecule has 27 heteroatoms. The molecule has 5 heterocycles. The molecule has 2 aromatic carbocycles. The van der Waals surface area contributed by atoms with E-state index in [1.165, 1.54) is 12.1 Å². The van der Waals surface area contributed by atoms with Gasteiger partial charge in [0, 0.05) is 72.6 Å². The summed E-state index contributed by atoms with van der Waals surface area (Å²) in [5.41, 5.74) is -3.33. The molecule has 0 radical (unpaired) electrons. The fraction of sp³-hybridized carbons (Fsp3) is 0.537. The summed E-state index contributed by atoms with van der Waals surface area (Å²) >= 11 is 1.12. The van der Waals surface area contributed by atoms with Gasteiger partial charge in [-0.2, -0.15) is 26.3 Å². The van der Waals surface area contributed by atoms with E-state index in [-0.39, 0.29) is 16.5 Å². The summed E-state index contributed by atoms with van der Waals surface area (Å²) in [6.07, 6.45) is -10.1. The number of hydrogen-bond acceptors (Lipinski definition) is 15. The molecule has 2 aromatic heterocycles. The summed E-state index contributed by atoms with van der Waals surface area (Å²) in [4.78, 5) is 62.6. The minimum atomic E-state index is -5.18. The van der Waals surface area contributed by atoms with Crippen LogP contribution in [0.1, 0.15) is 86.6 Å². The van der Waals surface area contributed by atoms with Gasteiger partial charge in [0.05, 0.1) is 56.5 Å². The number of aliphatic hydroxyl groups excluding tert-OH is 1. The number of pyridine rings is 1.